The molecule has 0 spiro atoms. The van der Waals surface area contributed by atoms with Gasteiger partial charge in [-0.15, -0.1) is 0 Å². The lowest BCUT2D eigenvalue weighted by Gasteiger charge is -1.76. The summed E-state index contributed by atoms with van der Waals surface area (Å²) in [5.41, 5.74) is 4.72. The number of carbonyl (C=O) groups is 1. The quantitative estimate of drug-likeness (QED) is 0.406. The number of nitrogens with two attached hydrogens (primary N) is 1. The van der Waals surface area contributed by atoms with E-state index < -0.39 is 5.91 Å². The first kappa shape index (κ1) is 7.81. The Bertz CT molecular complexity index is 139. The van der Waals surface area contributed by atoms with Gasteiger partial charge >= 0.3 is 0 Å². The predicted molar refractivity (Wildman–Crippen MR) is 36.7 cm³/mol. The number of aliphatic imine (C=N–C) groups is 2. The van der Waals surface area contributed by atoms with Gasteiger partial charge < -0.3 is 5.73 Å². The molecule has 0 aromatic rings. The maximum absolute atomic E-state index is 9.97. The summed E-state index contributed by atoms with van der Waals surface area (Å²) in [6.45, 7) is 2.53. The van der Waals surface area contributed by atoms with Crippen LogP contribution in [0.5, 0.6) is 0 Å². The second kappa shape index (κ2) is 4.96. The van der Waals surface area contributed by atoms with Crippen LogP contribution in [-0.2, 0) is 4.79 Å². The molecule has 0 rings (SSSR count). The molecule has 4 nitrogen and oxygen atoms in total. The molecule has 0 bridgehead atoms. The molecule has 0 aromatic carbocycles. The second-order valence-electron chi connectivity index (χ2n) is 1.29. The standard InChI is InChI=1S/C5H9N3O/c1-2-7-4-8-3-5(6)9/h3-4H,2H2,1H3,(H2,6,9)/b7-4-,8-3+. The van der Waals surface area contributed by atoms with Gasteiger partial charge in [0.1, 0.15) is 6.34 Å². The summed E-state index contributed by atoms with van der Waals surface area (Å²) in [5, 5.41) is 0. The summed E-state index contributed by atoms with van der Waals surface area (Å²) >= 11 is 0. The molecule has 0 aliphatic rings. The lowest BCUT2D eigenvalue weighted by atomic mass is 10.7. The predicted octanol–water partition coefficient (Wildman–Crippen LogP) is -0.409. The van der Waals surface area contributed by atoms with Crippen LogP contribution in [0.25, 0.3) is 0 Å². The summed E-state index contributed by atoms with van der Waals surface area (Å²) in [6.07, 6.45) is 2.31. The monoisotopic (exact) mass is 127 g/mol. The maximum Gasteiger partial charge on any atom is 0.259 e. The summed E-state index contributed by atoms with van der Waals surface area (Å²) in [7, 11) is 0. The molecule has 4 heteroatoms. The molecule has 2 N–H and O–H groups in total. The Kier molecular flexibility index (Phi) is 4.30. The second-order valence-corrected chi connectivity index (χ2v) is 1.29. The van der Waals surface area contributed by atoms with Crippen LogP contribution >= 0.6 is 0 Å². The van der Waals surface area contributed by atoms with Gasteiger partial charge in [-0.25, -0.2) is 4.99 Å². The fourth-order valence-electron chi connectivity index (χ4n) is 0.236. The van der Waals surface area contributed by atoms with Gasteiger partial charge in [-0.1, -0.05) is 0 Å². The summed E-state index contributed by atoms with van der Waals surface area (Å²) in [5.74, 6) is -0.558. The van der Waals surface area contributed by atoms with Crippen LogP contribution < -0.4 is 5.73 Å². The number of hydrogen-bond acceptors (Lipinski definition) is 2. The Balaban J connectivity index is 3.47. The van der Waals surface area contributed by atoms with Gasteiger partial charge in [0.25, 0.3) is 5.91 Å². The first-order valence-corrected chi connectivity index (χ1v) is 2.58. The van der Waals surface area contributed by atoms with Crippen LogP contribution in [-0.4, -0.2) is 25.0 Å². The molecule has 0 atom stereocenters. The first-order valence-electron chi connectivity index (χ1n) is 2.58. The normalized spacial score (nSPS) is 11.2. The van der Waals surface area contributed by atoms with Gasteiger partial charge in [0.2, 0.25) is 0 Å². The van der Waals surface area contributed by atoms with E-state index in [1.54, 1.807) is 0 Å². The highest BCUT2D eigenvalue weighted by atomic mass is 16.1. The highest BCUT2D eigenvalue weighted by Crippen LogP contribution is 1.63. The third-order valence-corrected chi connectivity index (χ3v) is 0.533. The number of amides is 1. The smallest absolute Gasteiger partial charge is 0.259 e. The average molecular weight is 127 g/mol. The fourth-order valence-corrected chi connectivity index (χ4v) is 0.236. The Morgan fingerprint density at radius 3 is 2.89 bits per heavy atom. The van der Waals surface area contributed by atoms with Gasteiger partial charge in [0, 0.05) is 6.54 Å². The fraction of sp³-hybridized carbons (Fsp3) is 0.400. The van der Waals surface area contributed by atoms with E-state index >= 15 is 0 Å². The Labute approximate surface area is 53.5 Å². The minimum Gasteiger partial charge on any atom is -0.365 e. The van der Waals surface area contributed by atoms with Crippen molar-refractivity contribution in [2.75, 3.05) is 6.54 Å². The van der Waals surface area contributed by atoms with Crippen molar-refractivity contribution in [1.82, 2.24) is 0 Å². The largest absolute Gasteiger partial charge is 0.365 e. The van der Waals surface area contributed by atoms with Crippen molar-refractivity contribution >= 4 is 18.5 Å². The van der Waals surface area contributed by atoms with Crippen LogP contribution in [0, 0.1) is 0 Å². The van der Waals surface area contributed by atoms with Gasteiger partial charge in [-0.3, -0.25) is 9.79 Å². The molecule has 0 aliphatic carbocycles. The zero-order valence-electron chi connectivity index (χ0n) is 5.24. The topological polar surface area (TPSA) is 67.8 Å². The van der Waals surface area contributed by atoms with Gasteiger partial charge in [-0.2, -0.15) is 0 Å². The highest BCUT2D eigenvalue weighted by molar-refractivity contribution is 6.26. The van der Waals surface area contributed by atoms with Crippen LogP contribution in [0.15, 0.2) is 9.98 Å². The van der Waals surface area contributed by atoms with Crippen LogP contribution in [0.3, 0.4) is 0 Å². The minimum absolute atomic E-state index is 0.558. The maximum atomic E-state index is 9.97. The molecule has 0 aromatic heterocycles. The average Bonchev–Trinajstić information content (AvgIpc) is 1.80. The van der Waals surface area contributed by atoms with Crippen LogP contribution in [0.2, 0.25) is 0 Å². The molecule has 0 radical (unpaired) electrons. The molecule has 0 saturated heterocycles. The van der Waals surface area contributed by atoms with Gasteiger partial charge in [0.05, 0.1) is 6.21 Å². The molecule has 9 heavy (non-hydrogen) atoms. The van der Waals surface area contributed by atoms with Crippen molar-refractivity contribution in [3.8, 4) is 0 Å². The zero-order chi connectivity index (χ0) is 7.11. The van der Waals surface area contributed by atoms with Crippen molar-refractivity contribution in [2.24, 2.45) is 15.7 Å². The van der Waals surface area contributed by atoms with Gasteiger partial charge in [-0.05, 0) is 6.92 Å². The van der Waals surface area contributed by atoms with E-state index in [9.17, 15) is 4.79 Å². The number of carbonyl (C=O) groups excluding carboxylic acids is 1. The lowest BCUT2D eigenvalue weighted by molar-refractivity contribution is -0.111. The summed E-state index contributed by atoms with van der Waals surface area (Å²) in [6, 6.07) is 0. The van der Waals surface area contributed by atoms with Crippen molar-refractivity contribution < 1.29 is 4.79 Å². The molecule has 50 valence electrons. The minimum atomic E-state index is -0.558. The molecular weight excluding hydrogens is 118 g/mol. The number of primary amides is 1. The Hall–Kier alpha value is -1.19. The molecule has 0 unspecified atom stereocenters. The molecule has 0 heterocycles. The number of rotatable bonds is 3. The third kappa shape index (κ3) is 6.81. The van der Waals surface area contributed by atoms with E-state index in [4.69, 9.17) is 5.73 Å². The number of nitrogens with zero attached hydrogens (tertiary/aromatic N) is 2. The van der Waals surface area contributed by atoms with Crippen LogP contribution in [0.4, 0.5) is 0 Å². The van der Waals surface area contributed by atoms with E-state index in [1.807, 2.05) is 6.92 Å². The summed E-state index contributed by atoms with van der Waals surface area (Å²) in [4.78, 5) is 17.2. The Morgan fingerprint density at radius 1 is 1.78 bits per heavy atom. The van der Waals surface area contributed by atoms with Crippen molar-refractivity contribution in [3.63, 3.8) is 0 Å². The third-order valence-electron chi connectivity index (χ3n) is 0.533. The SMILES string of the molecule is CC/N=C\N=C\C(N)=O. The summed E-state index contributed by atoms with van der Waals surface area (Å²) < 4.78 is 0. The van der Waals surface area contributed by atoms with E-state index in [2.05, 4.69) is 9.98 Å². The first-order chi connectivity index (χ1) is 4.27. The van der Waals surface area contributed by atoms with Gasteiger partial charge in [0.15, 0.2) is 0 Å². The molecule has 0 saturated carbocycles. The van der Waals surface area contributed by atoms with Crippen molar-refractivity contribution in [3.05, 3.63) is 0 Å². The van der Waals surface area contributed by atoms with E-state index in [1.165, 1.54) is 6.34 Å². The van der Waals surface area contributed by atoms with E-state index in [0.29, 0.717) is 6.54 Å². The Morgan fingerprint density at radius 2 is 2.44 bits per heavy atom. The molecule has 0 aliphatic heterocycles. The zero-order valence-corrected chi connectivity index (χ0v) is 5.24. The molecule has 0 fully saturated rings. The van der Waals surface area contributed by atoms with Crippen molar-refractivity contribution in [1.29, 1.82) is 0 Å². The molecule has 1 amide bonds. The number of hydrogen-bond donors (Lipinski definition) is 1. The molecular formula is C5H9N3O. The van der Waals surface area contributed by atoms with E-state index in [0.717, 1.165) is 6.21 Å². The highest BCUT2D eigenvalue weighted by Gasteiger charge is 1.77. The van der Waals surface area contributed by atoms with Crippen molar-refractivity contribution in [2.45, 2.75) is 6.92 Å². The lowest BCUT2D eigenvalue weighted by Crippen LogP contribution is -2.11. The van der Waals surface area contributed by atoms with Crippen LogP contribution in [0.1, 0.15) is 6.92 Å². The van der Waals surface area contributed by atoms with E-state index in [-0.39, 0.29) is 0 Å².